The van der Waals surface area contributed by atoms with E-state index >= 15 is 0 Å². The van der Waals surface area contributed by atoms with Crippen LogP contribution in [0.2, 0.25) is 0 Å². The fourth-order valence-electron chi connectivity index (χ4n) is 2.32. The minimum atomic E-state index is -1.23. The number of nitrogens with zero attached hydrogens (tertiary/aromatic N) is 1. The summed E-state index contributed by atoms with van der Waals surface area (Å²) in [7, 11) is 0. The first-order valence-electron chi connectivity index (χ1n) is 6.05. The van der Waals surface area contributed by atoms with Crippen LogP contribution in [-0.4, -0.2) is 16.1 Å². The van der Waals surface area contributed by atoms with Crippen LogP contribution in [0, 0.1) is 18.6 Å². The zero-order chi connectivity index (χ0) is 15.1. The van der Waals surface area contributed by atoms with Crippen LogP contribution in [0.4, 0.5) is 8.78 Å². The van der Waals surface area contributed by atoms with Crippen LogP contribution < -0.4 is 0 Å². The summed E-state index contributed by atoms with van der Waals surface area (Å²) < 4.78 is 27.3. The lowest BCUT2D eigenvalue weighted by molar-refractivity contribution is 0.0698. The van der Waals surface area contributed by atoms with Crippen LogP contribution >= 0.6 is 11.3 Å². The number of carboxylic acids is 1. The summed E-state index contributed by atoms with van der Waals surface area (Å²) in [6, 6.07) is 5.28. The number of hydrogen-bond acceptors (Lipinski definition) is 3. The Bertz CT molecular complexity index is 860. The van der Waals surface area contributed by atoms with E-state index in [-0.39, 0.29) is 16.5 Å². The molecule has 0 aliphatic heterocycles. The molecule has 2 heterocycles. The third kappa shape index (κ3) is 2.17. The number of fused-ring (bicyclic) bond motifs is 1. The smallest absolute Gasteiger partial charge is 0.336 e. The molecule has 0 radical (unpaired) electrons. The average Bonchev–Trinajstić information content (AvgIpc) is 2.91. The Kier molecular flexibility index (Phi) is 3.17. The molecule has 0 saturated heterocycles. The first kappa shape index (κ1) is 13.6. The van der Waals surface area contributed by atoms with Gasteiger partial charge in [-0.1, -0.05) is 6.07 Å². The SMILES string of the molecule is Cc1c(-c2cccs2)nc2c(F)cc(F)cc2c1C(=O)O. The van der Waals surface area contributed by atoms with Gasteiger partial charge in [0.1, 0.15) is 11.3 Å². The van der Waals surface area contributed by atoms with Gasteiger partial charge < -0.3 is 5.11 Å². The van der Waals surface area contributed by atoms with Gasteiger partial charge in [-0.25, -0.2) is 18.6 Å². The molecule has 0 fully saturated rings. The lowest BCUT2D eigenvalue weighted by Gasteiger charge is -2.11. The molecule has 21 heavy (non-hydrogen) atoms. The van der Waals surface area contributed by atoms with Gasteiger partial charge in [-0.2, -0.15) is 0 Å². The van der Waals surface area contributed by atoms with Crippen LogP contribution in [-0.2, 0) is 0 Å². The zero-order valence-electron chi connectivity index (χ0n) is 10.9. The lowest BCUT2D eigenvalue weighted by Crippen LogP contribution is -2.06. The van der Waals surface area contributed by atoms with Crippen molar-refractivity contribution in [1.82, 2.24) is 4.98 Å². The summed E-state index contributed by atoms with van der Waals surface area (Å²) >= 11 is 1.38. The Morgan fingerprint density at radius 3 is 2.71 bits per heavy atom. The molecule has 0 atom stereocenters. The second kappa shape index (κ2) is 4.89. The molecule has 3 rings (SSSR count). The molecule has 0 saturated carbocycles. The fraction of sp³-hybridized carbons (Fsp3) is 0.0667. The molecule has 0 bridgehead atoms. The molecule has 106 valence electrons. The van der Waals surface area contributed by atoms with Crippen molar-refractivity contribution < 1.29 is 18.7 Å². The van der Waals surface area contributed by atoms with Gasteiger partial charge in [-0.3, -0.25) is 0 Å². The van der Waals surface area contributed by atoms with E-state index in [4.69, 9.17) is 0 Å². The molecule has 0 spiro atoms. The maximum atomic E-state index is 14.0. The molecule has 1 aromatic carbocycles. The average molecular weight is 305 g/mol. The van der Waals surface area contributed by atoms with Crippen molar-refractivity contribution in [3.05, 3.63) is 52.4 Å². The quantitative estimate of drug-likeness (QED) is 0.770. The Hall–Kier alpha value is -2.34. The number of thiophene rings is 1. The fourth-order valence-corrected chi connectivity index (χ4v) is 3.09. The Morgan fingerprint density at radius 2 is 2.10 bits per heavy atom. The van der Waals surface area contributed by atoms with Gasteiger partial charge in [0.25, 0.3) is 0 Å². The van der Waals surface area contributed by atoms with Gasteiger partial charge in [0.15, 0.2) is 5.82 Å². The van der Waals surface area contributed by atoms with Crippen molar-refractivity contribution in [2.45, 2.75) is 6.92 Å². The van der Waals surface area contributed by atoms with Crippen LogP contribution in [0.3, 0.4) is 0 Å². The van der Waals surface area contributed by atoms with Crippen molar-refractivity contribution in [3.63, 3.8) is 0 Å². The summed E-state index contributed by atoms with van der Waals surface area (Å²) in [5, 5.41) is 11.2. The number of halogens is 2. The summed E-state index contributed by atoms with van der Waals surface area (Å²) in [6.07, 6.45) is 0. The summed E-state index contributed by atoms with van der Waals surface area (Å²) in [4.78, 5) is 16.5. The van der Waals surface area contributed by atoms with Crippen LogP contribution in [0.15, 0.2) is 29.6 Å². The number of carboxylic acid groups (broad SMARTS) is 1. The topological polar surface area (TPSA) is 50.2 Å². The van der Waals surface area contributed by atoms with Gasteiger partial charge in [0.2, 0.25) is 0 Å². The van der Waals surface area contributed by atoms with Crippen molar-refractivity contribution in [3.8, 4) is 10.6 Å². The molecular weight excluding hydrogens is 296 g/mol. The molecule has 3 aromatic rings. The van der Waals surface area contributed by atoms with Gasteiger partial charge in [0.05, 0.1) is 16.1 Å². The predicted molar refractivity (Wildman–Crippen MR) is 76.7 cm³/mol. The molecular formula is C15H9F2NO2S. The van der Waals surface area contributed by atoms with E-state index in [0.29, 0.717) is 17.3 Å². The summed E-state index contributed by atoms with van der Waals surface area (Å²) in [5.74, 6) is -2.93. The van der Waals surface area contributed by atoms with E-state index in [2.05, 4.69) is 4.98 Å². The maximum absolute atomic E-state index is 14.0. The third-order valence-electron chi connectivity index (χ3n) is 3.22. The summed E-state index contributed by atoms with van der Waals surface area (Å²) in [5.41, 5.74) is 0.535. The molecule has 3 nitrogen and oxygen atoms in total. The van der Waals surface area contributed by atoms with Crippen molar-refractivity contribution >= 4 is 28.2 Å². The highest BCUT2D eigenvalue weighted by atomic mass is 32.1. The molecule has 0 amide bonds. The van der Waals surface area contributed by atoms with Gasteiger partial charge in [-0.15, -0.1) is 11.3 Å². The number of carbonyl (C=O) groups is 1. The number of hydrogen-bond donors (Lipinski definition) is 1. The number of benzene rings is 1. The Labute approximate surface area is 122 Å². The van der Waals surface area contributed by atoms with Crippen molar-refractivity contribution in [1.29, 1.82) is 0 Å². The predicted octanol–water partition coefficient (Wildman–Crippen LogP) is 4.25. The van der Waals surface area contributed by atoms with E-state index in [1.165, 1.54) is 11.3 Å². The molecule has 6 heteroatoms. The van der Waals surface area contributed by atoms with E-state index in [1.807, 2.05) is 5.38 Å². The maximum Gasteiger partial charge on any atom is 0.336 e. The molecule has 1 N–H and O–H groups in total. The highest BCUT2D eigenvalue weighted by molar-refractivity contribution is 7.13. The van der Waals surface area contributed by atoms with Crippen LogP contribution in [0.25, 0.3) is 21.5 Å². The van der Waals surface area contributed by atoms with E-state index in [0.717, 1.165) is 10.9 Å². The number of rotatable bonds is 2. The molecule has 0 aliphatic carbocycles. The minimum absolute atomic E-state index is 0.0298. The molecule has 0 unspecified atom stereocenters. The lowest BCUT2D eigenvalue weighted by atomic mass is 10.0. The van der Waals surface area contributed by atoms with E-state index in [9.17, 15) is 18.7 Å². The molecule has 0 aliphatic rings. The largest absolute Gasteiger partial charge is 0.478 e. The first-order chi connectivity index (χ1) is 9.99. The minimum Gasteiger partial charge on any atom is -0.478 e. The monoisotopic (exact) mass is 305 g/mol. The normalized spacial score (nSPS) is 11.0. The van der Waals surface area contributed by atoms with Gasteiger partial charge in [0, 0.05) is 11.5 Å². The highest BCUT2D eigenvalue weighted by Crippen LogP contribution is 2.33. The van der Waals surface area contributed by atoms with Crippen LogP contribution in [0.1, 0.15) is 15.9 Å². The number of pyridine rings is 1. The standard InChI is InChI=1S/C15H9F2NO2S/c1-7-12(15(19)20)9-5-8(16)6-10(17)14(9)18-13(7)11-3-2-4-21-11/h2-6H,1H3,(H,19,20). The first-order valence-corrected chi connectivity index (χ1v) is 6.93. The third-order valence-corrected chi connectivity index (χ3v) is 4.10. The van der Waals surface area contributed by atoms with Gasteiger partial charge in [-0.05, 0) is 30.0 Å². The Balaban J connectivity index is 2.48. The van der Waals surface area contributed by atoms with Crippen LogP contribution in [0.5, 0.6) is 0 Å². The van der Waals surface area contributed by atoms with E-state index in [1.54, 1.807) is 19.1 Å². The van der Waals surface area contributed by atoms with E-state index < -0.39 is 17.6 Å². The molecule has 2 aromatic heterocycles. The second-order valence-corrected chi connectivity index (χ2v) is 5.47. The highest BCUT2D eigenvalue weighted by Gasteiger charge is 2.21. The number of aromatic carboxylic acids is 1. The van der Waals surface area contributed by atoms with Gasteiger partial charge >= 0.3 is 5.97 Å². The Morgan fingerprint density at radius 1 is 1.33 bits per heavy atom. The van der Waals surface area contributed by atoms with Crippen molar-refractivity contribution in [2.75, 3.05) is 0 Å². The second-order valence-electron chi connectivity index (χ2n) is 4.53. The number of aromatic nitrogens is 1. The van der Waals surface area contributed by atoms with Crippen molar-refractivity contribution in [2.24, 2.45) is 0 Å². The summed E-state index contributed by atoms with van der Waals surface area (Å²) in [6.45, 7) is 1.59. The zero-order valence-corrected chi connectivity index (χ0v) is 11.7.